The molecule has 0 saturated carbocycles. The van der Waals surface area contributed by atoms with Gasteiger partial charge in [-0.25, -0.2) is 0 Å². The highest BCUT2D eigenvalue weighted by atomic mass is 32.2. The van der Waals surface area contributed by atoms with Crippen molar-refractivity contribution in [3.05, 3.63) is 53.6 Å². The van der Waals surface area contributed by atoms with E-state index in [0.29, 0.717) is 50.1 Å². The van der Waals surface area contributed by atoms with Gasteiger partial charge >= 0.3 is 0 Å². The van der Waals surface area contributed by atoms with E-state index >= 15 is 0 Å². The van der Waals surface area contributed by atoms with Gasteiger partial charge in [-0.2, -0.15) is 17.0 Å². The SMILES string of the molecule is COCC1CCN(S(=O)(=O)N2CC[C@H]3Oc4ccc(cc4)CNC(=O)COc4cc(ccc4OC)C(=O)N[C@H]3C2)CC1. The van der Waals surface area contributed by atoms with Crippen molar-refractivity contribution in [3.63, 3.8) is 0 Å². The van der Waals surface area contributed by atoms with Gasteiger partial charge in [-0.1, -0.05) is 12.1 Å². The first kappa shape index (κ1) is 30.1. The Morgan fingerprint density at radius 3 is 2.43 bits per heavy atom. The van der Waals surface area contributed by atoms with E-state index < -0.39 is 28.3 Å². The molecule has 2 atom stereocenters. The second kappa shape index (κ2) is 13.3. The molecule has 4 aliphatic heterocycles. The first-order valence-corrected chi connectivity index (χ1v) is 15.5. The number of methoxy groups -OCH3 is 2. The highest BCUT2D eigenvalue weighted by Crippen LogP contribution is 2.29. The van der Waals surface area contributed by atoms with Gasteiger partial charge in [0.15, 0.2) is 18.1 Å². The Bertz CT molecular complexity index is 1360. The molecule has 2 aromatic rings. The zero-order valence-corrected chi connectivity index (χ0v) is 24.7. The molecule has 4 aliphatic rings. The van der Waals surface area contributed by atoms with Gasteiger partial charge in [-0.3, -0.25) is 9.59 Å². The number of nitrogens with one attached hydrogen (secondary N) is 2. The van der Waals surface area contributed by atoms with E-state index in [9.17, 15) is 18.0 Å². The lowest BCUT2D eigenvalue weighted by Crippen LogP contribution is -2.60. The molecule has 2 saturated heterocycles. The van der Waals surface area contributed by atoms with Gasteiger partial charge in [0, 0.05) is 58.4 Å². The molecule has 0 unspecified atom stereocenters. The second-order valence-corrected chi connectivity index (χ2v) is 12.7. The average molecular weight is 603 g/mol. The predicted octanol–water partition coefficient (Wildman–Crippen LogP) is 1.56. The molecule has 12 nitrogen and oxygen atoms in total. The van der Waals surface area contributed by atoms with Crippen LogP contribution in [0.15, 0.2) is 42.5 Å². The average Bonchev–Trinajstić information content (AvgIpc) is 3.00. The van der Waals surface area contributed by atoms with Crippen molar-refractivity contribution in [2.75, 3.05) is 53.6 Å². The van der Waals surface area contributed by atoms with Crippen LogP contribution < -0.4 is 24.8 Å². The van der Waals surface area contributed by atoms with E-state index in [4.69, 9.17) is 18.9 Å². The van der Waals surface area contributed by atoms with Gasteiger partial charge in [-0.05, 0) is 54.7 Å². The summed E-state index contributed by atoms with van der Waals surface area (Å²) in [5.74, 6) is 0.793. The van der Waals surface area contributed by atoms with Crippen LogP contribution in [-0.2, 0) is 26.3 Å². The molecule has 0 spiro atoms. The summed E-state index contributed by atoms with van der Waals surface area (Å²) in [7, 11) is -0.608. The lowest BCUT2D eigenvalue weighted by atomic mass is 9.99. The van der Waals surface area contributed by atoms with Crippen molar-refractivity contribution < 1.29 is 37.0 Å². The van der Waals surface area contributed by atoms with Gasteiger partial charge in [0.2, 0.25) is 0 Å². The summed E-state index contributed by atoms with van der Waals surface area (Å²) < 4.78 is 52.9. The summed E-state index contributed by atoms with van der Waals surface area (Å²) in [5.41, 5.74) is 1.15. The molecule has 2 N–H and O–H groups in total. The number of amides is 2. The molecule has 2 aromatic carbocycles. The maximum atomic E-state index is 13.7. The predicted molar refractivity (Wildman–Crippen MR) is 154 cm³/mol. The van der Waals surface area contributed by atoms with Gasteiger partial charge in [0.1, 0.15) is 11.9 Å². The van der Waals surface area contributed by atoms with Crippen LogP contribution in [-0.4, -0.2) is 94.6 Å². The number of ether oxygens (including phenoxy) is 4. The van der Waals surface area contributed by atoms with Crippen LogP contribution in [0.5, 0.6) is 17.2 Å². The number of piperidine rings is 2. The van der Waals surface area contributed by atoms with E-state index in [1.165, 1.54) is 21.8 Å². The molecule has 0 radical (unpaired) electrons. The third-order valence-electron chi connectivity index (χ3n) is 7.94. The first-order valence-electron chi connectivity index (χ1n) is 14.1. The van der Waals surface area contributed by atoms with Crippen LogP contribution in [0.1, 0.15) is 35.2 Å². The molecule has 4 heterocycles. The minimum Gasteiger partial charge on any atom is -0.493 e. The molecular weight excluding hydrogens is 564 g/mol. The first-order chi connectivity index (χ1) is 20.3. The lowest BCUT2D eigenvalue weighted by Gasteiger charge is -2.41. The second-order valence-electron chi connectivity index (χ2n) is 10.8. The van der Waals surface area contributed by atoms with Crippen LogP contribution >= 0.6 is 0 Å². The Balaban J connectivity index is 1.40. The quantitative estimate of drug-likeness (QED) is 0.527. The minimum atomic E-state index is -3.74. The fourth-order valence-electron chi connectivity index (χ4n) is 5.53. The molecule has 13 heteroatoms. The molecule has 2 fully saturated rings. The number of carbonyl (C=O) groups is 2. The summed E-state index contributed by atoms with van der Waals surface area (Å²) >= 11 is 0. The molecule has 0 aliphatic carbocycles. The third kappa shape index (κ3) is 6.97. The number of rotatable bonds is 5. The Kier molecular flexibility index (Phi) is 9.51. The highest BCUT2D eigenvalue weighted by molar-refractivity contribution is 7.86. The van der Waals surface area contributed by atoms with Crippen molar-refractivity contribution in [1.82, 2.24) is 19.2 Å². The van der Waals surface area contributed by atoms with Crippen LogP contribution in [0.2, 0.25) is 0 Å². The van der Waals surface area contributed by atoms with Crippen LogP contribution in [0.25, 0.3) is 0 Å². The van der Waals surface area contributed by atoms with Crippen LogP contribution in [0.4, 0.5) is 0 Å². The molecule has 42 heavy (non-hydrogen) atoms. The number of nitrogens with zero attached hydrogens (tertiary/aromatic N) is 2. The maximum Gasteiger partial charge on any atom is 0.282 e. The van der Waals surface area contributed by atoms with Crippen molar-refractivity contribution in [1.29, 1.82) is 0 Å². The fourth-order valence-corrected chi connectivity index (χ4v) is 7.22. The number of fused-ring (bicyclic) bond motifs is 7. The summed E-state index contributed by atoms with van der Waals surface area (Å²) in [5, 5.41) is 5.82. The lowest BCUT2D eigenvalue weighted by molar-refractivity contribution is -0.123. The largest absolute Gasteiger partial charge is 0.493 e. The van der Waals surface area contributed by atoms with E-state index in [0.717, 1.165) is 18.4 Å². The van der Waals surface area contributed by atoms with E-state index in [1.807, 2.05) is 12.1 Å². The fraction of sp³-hybridized carbons (Fsp3) is 0.517. The Hall–Kier alpha value is -3.39. The van der Waals surface area contributed by atoms with Crippen LogP contribution in [0, 0.1) is 5.92 Å². The summed E-state index contributed by atoms with van der Waals surface area (Å²) in [4.78, 5) is 25.9. The van der Waals surface area contributed by atoms with Crippen LogP contribution in [0.3, 0.4) is 0 Å². The summed E-state index contributed by atoms with van der Waals surface area (Å²) in [6.07, 6.45) is 1.40. The van der Waals surface area contributed by atoms with Crippen molar-refractivity contribution >= 4 is 22.0 Å². The van der Waals surface area contributed by atoms with Gasteiger partial charge in [-0.15, -0.1) is 0 Å². The molecular formula is C29H38N4O8S. The Morgan fingerprint density at radius 2 is 1.71 bits per heavy atom. The normalized spacial score (nSPS) is 23.1. The maximum absolute atomic E-state index is 13.7. The molecule has 6 rings (SSSR count). The number of benzene rings is 2. The number of hydrogen-bond donors (Lipinski definition) is 2. The zero-order chi connectivity index (χ0) is 29.7. The minimum absolute atomic E-state index is 0.0623. The molecule has 228 valence electrons. The van der Waals surface area contributed by atoms with E-state index in [2.05, 4.69) is 10.6 Å². The monoisotopic (exact) mass is 602 g/mol. The highest BCUT2D eigenvalue weighted by Gasteiger charge is 2.40. The van der Waals surface area contributed by atoms with E-state index in [1.54, 1.807) is 31.4 Å². The third-order valence-corrected chi connectivity index (χ3v) is 9.94. The molecule has 2 amide bonds. The number of hydrogen-bond acceptors (Lipinski definition) is 8. The topological polar surface area (TPSA) is 136 Å². The standard InChI is InChI=1S/C29H38N4O8S/c1-38-18-21-9-12-32(13-10-21)42(36,37)33-14-11-25-24(17-33)31-29(35)22-5-8-26(39-2)27(15-22)40-19-28(34)30-16-20-3-6-23(41-25)7-4-20/h3-8,15,21,24-25H,9-14,16-19H2,1-2H3,(H,30,34)(H,31,35)/t24-,25+/m0/s1. The summed E-state index contributed by atoms with van der Waals surface area (Å²) in [6, 6.07) is 11.4. The van der Waals surface area contributed by atoms with Gasteiger partial charge in [0.05, 0.1) is 13.2 Å². The number of carbonyl (C=O) groups excluding carboxylic acids is 2. The van der Waals surface area contributed by atoms with E-state index in [-0.39, 0.29) is 36.9 Å². The van der Waals surface area contributed by atoms with Crippen molar-refractivity contribution in [2.45, 2.75) is 38.0 Å². The van der Waals surface area contributed by atoms with Gasteiger partial charge < -0.3 is 29.6 Å². The zero-order valence-electron chi connectivity index (χ0n) is 23.9. The van der Waals surface area contributed by atoms with Crippen molar-refractivity contribution in [2.24, 2.45) is 5.92 Å². The molecule has 0 aromatic heterocycles. The molecule has 4 bridgehead atoms. The van der Waals surface area contributed by atoms with Crippen molar-refractivity contribution in [3.8, 4) is 17.2 Å². The smallest absolute Gasteiger partial charge is 0.282 e. The Labute approximate surface area is 246 Å². The summed E-state index contributed by atoms with van der Waals surface area (Å²) in [6.45, 7) is 1.86. The Morgan fingerprint density at radius 1 is 0.976 bits per heavy atom. The van der Waals surface area contributed by atoms with Gasteiger partial charge in [0.25, 0.3) is 22.0 Å².